The molecule has 0 aliphatic heterocycles. The number of nitrogens with one attached hydrogen (secondary N) is 2. The summed E-state index contributed by atoms with van der Waals surface area (Å²) in [4.78, 5) is 4.19. The number of benzene rings is 2. The highest BCUT2D eigenvalue weighted by molar-refractivity contribution is 14.0. The van der Waals surface area contributed by atoms with Gasteiger partial charge in [0.2, 0.25) is 0 Å². The number of ether oxygens (including phenoxy) is 2. The second-order valence-corrected chi connectivity index (χ2v) is 5.63. The molecule has 0 bridgehead atoms. The number of rotatable bonds is 7. The van der Waals surface area contributed by atoms with Crippen molar-refractivity contribution in [3.05, 3.63) is 59.9 Å². The van der Waals surface area contributed by atoms with Gasteiger partial charge in [-0.3, -0.25) is 4.99 Å². The minimum absolute atomic E-state index is 0. The molecule has 0 amide bonds. The van der Waals surface area contributed by atoms with E-state index in [2.05, 4.69) is 15.6 Å². The summed E-state index contributed by atoms with van der Waals surface area (Å²) in [6.07, 6.45) is 0. The van der Waals surface area contributed by atoms with Crippen molar-refractivity contribution in [3.8, 4) is 11.5 Å². The molecule has 2 aromatic rings. The van der Waals surface area contributed by atoms with Crippen LogP contribution in [0.5, 0.6) is 11.5 Å². The van der Waals surface area contributed by atoms with E-state index in [1.54, 1.807) is 26.3 Å². The third kappa shape index (κ3) is 7.57. The van der Waals surface area contributed by atoms with E-state index < -0.39 is 0 Å². The molecule has 2 N–H and O–H groups in total. The van der Waals surface area contributed by atoms with Crippen molar-refractivity contribution in [2.45, 2.75) is 19.5 Å². The summed E-state index contributed by atoms with van der Waals surface area (Å²) in [5.41, 5.74) is 1.09. The first-order valence-electron chi connectivity index (χ1n) is 8.09. The SMILES string of the molecule is CN=C(NCc1ccc(Oc2ccc(F)cc2)cc1)NC(C)COC.I. The first-order chi connectivity index (χ1) is 12.1. The van der Waals surface area contributed by atoms with Gasteiger partial charge in [0.1, 0.15) is 17.3 Å². The molecule has 0 heterocycles. The van der Waals surface area contributed by atoms with Crippen molar-refractivity contribution in [2.24, 2.45) is 4.99 Å². The van der Waals surface area contributed by atoms with Gasteiger partial charge in [-0.1, -0.05) is 12.1 Å². The van der Waals surface area contributed by atoms with Gasteiger partial charge >= 0.3 is 0 Å². The zero-order valence-electron chi connectivity index (χ0n) is 15.2. The van der Waals surface area contributed by atoms with Crippen LogP contribution in [0.25, 0.3) is 0 Å². The topological polar surface area (TPSA) is 54.9 Å². The molecule has 0 aromatic heterocycles. The Kier molecular flexibility index (Phi) is 9.97. The van der Waals surface area contributed by atoms with Crippen LogP contribution in [0.15, 0.2) is 53.5 Å². The van der Waals surface area contributed by atoms with E-state index in [4.69, 9.17) is 9.47 Å². The number of aliphatic imine (C=N–C) groups is 1. The predicted molar refractivity (Wildman–Crippen MR) is 113 cm³/mol. The van der Waals surface area contributed by atoms with Crippen LogP contribution in [-0.2, 0) is 11.3 Å². The van der Waals surface area contributed by atoms with Gasteiger partial charge in [-0.25, -0.2) is 4.39 Å². The average Bonchev–Trinajstić information content (AvgIpc) is 2.62. The third-order valence-electron chi connectivity index (χ3n) is 3.46. The number of methoxy groups -OCH3 is 1. The highest BCUT2D eigenvalue weighted by Gasteiger charge is 2.05. The molecule has 0 spiro atoms. The molecule has 2 rings (SSSR count). The van der Waals surface area contributed by atoms with Gasteiger partial charge in [-0.15, -0.1) is 24.0 Å². The average molecular weight is 473 g/mol. The number of guanidine groups is 1. The molecule has 0 aliphatic carbocycles. The normalized spacial score (nSPS) is 12.1. The Labute approximate surface area is 171 Å². The molecule has 7 heteroatoms. The molecule has 142 valence electrons. The van der Waals surface area contributed by atoms with Crippen LogP contribution in [0.4, 0.5) is 4.39 Å². The molecular formula is C19H25FIN3O2. The second-order valence-electron chi connectivity index (χ2n) is 5.63. The zero-order valence-corrected chi connectivity index (χ0v) is 17.5. The van der Waals surface area contributed by atoms with Crippen LogP contribution >= 0.6 is 24.0 Å². The molecule has 26 heavy (non-hydrogen) atoms. The van der Waals surface area contributed by atoms with Crippen molar-refractivity contribution < 1.29 is 13.9 Å². The molecular weight excluding hydrogens is 448 g/mol. The monoisotopic (exact) mass is 473 g/mol. The number of nitrogens with zero attached hydrogens (tertiary/aromatic N) is 1. The number of hydrogen-bond donors (Lipinski definition) is 2. The standard InChI is InChI=1S/C19H24FN3O2.HI/c1-14(13-24-3)23-19(21-2)22-12-15-4-8-17(9-5-15)25-18-10-6-16(20)7-11-18;/h4-11,14H,12-13H2,1-3H3,(H2,21,22,23);1H. The van der Waals surface area contributed by atoms with Crippen molar-refractivity contribution in [2.75, 3.05) is 20.8 Å². The Bertz CT molecular complexity index is 678. The largest absolute Gasteiger partial charge is 0.457 e. The maximum absolute atomic E-state index is 12.9. The number of hydrogen-bond acceptors (Lipinski definition) is 3. The molecule has 0 radical (unpaired) electrons. The highest BCUT2D eigenvalue weighted by atomic mass is 127. The summed E-state index contributed by atoms with van der Waals surface area (Å²) < 4.78 is 23.7. The van der Waals surface area contributed by atoms with Crippen LogP contribution in [-0.4, -0.2) is 32.8 Å². The Balaban J connectivity index is 0.00000338. The van der Waals surface area contributed by atoms with Crippen LogP contribution in [0.1, 0.15) is 12.5 Å². The van der Waals surface area contributed by atoms with Gasteiger partial charge in [-0.2, -0.15) is 0 Å². The molecule has 0 aliphatic rings. The summed E-state index contributed by atoms with van der Waals surface area (Å²) in [5, 5.41) is 6.50. The van der Waals surface area contributed by atoms with Gasteiger partial charge < -0.3 is 20.1 Å². The number of halogens is 2. The predicted octanol–water partition coefficient (Wildman–Crippen LogP) is 3.94. The van der Waals surface area contributed by atoms with Crippen LogP contribution in [0.3, 0.4) is 0 Å². The lowest BCUT2D eigenvalue weighted by Gasteiger charge is -2.17. The summed E-state index contributed by atoms with van der Waals surface area (Å²) in [7, 11) is 3.40. The fourth-order valence-corrected chi connectivity index (χ4v) is 2.22. The van der Waals surface area contributed by atoms with Gasteiger partial charge in [0, 0.05) is 26.7 Å². The first kappa shape index (κ1) is 22.2. The lowest BCUT2D eigenvalue weighted by Crippen LogP contribution is -2.43. The highest BCUT2D eigenvalue weighted by Crippen LogP contribution is 2.21. The Hall–Kier alpha value is -1.87. The Morgan fingerprint density at radius 3 is 2.19 bits per heavy atom. The fourth-order valence-electron chi connectivity index (χ4n) is 2.22. The Morgan fingerprint density at radius 1 is 1.08 bits per heavy atom. The molecule has 2 aromatic carbocycles. The first-order valence-corrected chi connectivity index (χ1v) is 8.09. The van der Waals surface area contributed by atoms with Gasteiger partial charge in [0.25, 0.3) is 0 Å². The van der Waals surface area contributed by atoms with Crippen LogP contribution in [0, 0.1) is 5.82 Å². The van der Waals surface area contributed by atoms with Crippen molar-refractivity contribution in [1.82, 2.24) is 10.6 Å². The second kappa shape index (κ2) is 11.7. The maximum Gasteiger partial charge on any atom is 0.191 e. The van der Waals surface area contributed by atoms with Crippen molar-refractivity contribution in [1.29, 1.82) is 0 Å². The lowest BCUT2D eigenvalue weighted by atomic mass is 10.2. The minimum atomic E-state index is -0.282. The molecule has 0 fully saturated rings. The summed E-state index contributed by atoms with van der Waals surface area (Å²) in [6.45, 7) is 3.27. The van der Waals surface area contributed by atoms with E-state index in [1.807, 2.05) is 31.2 Å². The van der Waals surface area contributed by atoms with E-state index in [1.165, 1.54) is 12.1 Å². The van der Waals surface area contributed by atoms with Crippen molar-refractivity contribution in [3.63, 3.8) is 0 Å². The third-order valence-corrected chi connectivity index (χ3v) is 3.46. The van der Waals surface area contributed by atoms with Gasteiger partial charge in [0.05, 0.1) is 6.61 Å². The van der Waals surface area contributed by atoms with E-state index >= 15 is 0 Å². The fraction of sp³-hybridized carbons (Fsp3) is 0.316. The van der Waals surface area contributed by atoms with E-state index in [0.717, 1.165) is 11.5 Å². The molecule has 0 saturated heterocycles. The summed E-state index contributed by atoms with van der Waals surface area (Å²) >= 11 is 0. The maximum atomic E-state index is 12.9. The molecule has 1 unspecified atom stereocenters. The molecule has 0 saturated carbocycles. The summed E-state index contributed by atoms with van der Waals surface area (Å²) in [6, 6.07) is 13.8. The van der Waals surface area contributed by atoms with E-state index in [0.29, 0.717) is 24.7 Å². The van der Waals surface area contributed by atoms with Gasteiger partial charge in [0.15, 0.2) is 5.96 Å². The molecule has 5 nitrogen and oxygen atoms in total. The minimum Gasteiger partial charge on any atom is -0.457 e. The summed E-state index contributed by atoms with van der Waals surface area (Å²) in [5.74, 6) is 1.74. The van der Waals surface area contributed by atoms with Gasteiger partial charge in [-0.05, 0) is 48.9 Å². The Morgan fingerprint density at radius 2 is 1.65 bits per heavy atom. The van der Waals surface area contributed by atoms with Crippen molar-refractivity contribution >= 4 is 29.9 Å². The smallest absolute Gasteiger partial charge is 0.191 e. The zero-order chi connectivity index (χ0) is 18.1. The van der Waals surface area contributed by atoms with Crippen LogP contribution < -0.4 is 15.4 Å². The lowest BCUT2D eigenvalue weighted by molar-refractivity contribution is 0.179. The van der Waals surface area contributed by atoms with Crippen LogP contribution in [0.2, 0.25) is 0 Å². The quantitative estimate of drug-likeness (QED) is 0.364. The molecule has 1 atom stereocenters. The van der Waals surface area contributed by atoms with E-state index in [9.17, 15) is 4.39 Å². The van der Waals surface area contributed by atoms with E-state index in [-0.39, 0.29) is 35.8 Å².